The topological polar surface area (TPSA) is 105 Å². The predicted octanol–water partition coefficient (Wildman–Crippen LogP) is 2.04. The van der Waals surface area contributed by atoms with E-state index in [0.29, 0.717) is 8.77 Å². The van der Waals surface area contributed by atoms with Crippen LogP contribution in [0.25, 0.3) is 16.8 Å². The van der Waals surface area contributed by atoms with Crippen LogP contribution in [-0.2, 0) is 10.7 Å². The Bertz CT molecular complexity index is 1340. The van der Waals surface area contributed by atoms with Crippen LogP contribution in [0.3, 0.4) is 0 Å². The van der Waals surface area contributed by atoms with Crippen molar-refractivity contribution >= 4 is 29.6 Å². The first-order valence-electron chi connectivity index (χ1n) is 8.94. The molecule has 0 saturated heterocycles. The molecule has 154 valence electrons. The van der Waals surface area contributed by atoms with Crippen molar-refractivity contribution in [3.63, 3.8) is 0 Å². The van der Waals surface area contributed by atoms with Crippen LogP contribution in [-0.4, -0.2) is 24.4 Å². The Morgan fingerprint density at radius 2 is 1.83 bits per heavy atom. The fourth-order valence-corrected chi connectivity index (χ4v) is 3.93. The summed E-state index contributed by atoms with van der Waals surface area (Å²) in [5.41, 5.74) is 0.0706. The zero-order valence-corrected chi connectivity index (χ0v) is 17.1. The molecule has 0 amide bonds. The zero-order chi connectivity index (χ0) is 21.6. The highest BCUT2D eigenvalue weighted by Gasteiger charge is 2.23. The number of hydrogen-bond acceptors (Lipinski definition) is 6. The molecule has 0 saturated carbocycles. The summed E-state index contributed by atoms with van der Waals surface area (Å²) in [4.78, 5) is 48.7. The number of fused-ring (bicyclic) bond motifs is 1. The molecular weight excluding hydrogens is 435 g/mol. The highest BCUT2D eigenvalue weighted by molar-refractivity contribution is 6.16. The Balaban J connectivity index is 1.83. The molecule has 2 aromatic heterocycles. The third kappa shape index (κ3) is 3.16. The van der Waals surface area contributed by atoms with E-state index in [9.17, 15) is 19.2 Å². The number of rotatable bonds is 3. The molecule has 9 nitrogen and oxygen atoms in total. The van der Waals surface area contributed by atoms with E-state index in [2.05, 4.69) is 9.39 Å². The summed E-state index contributed by atoms with van der Waals surface area (Å²) in [6.45, 7) is 2.00. The first kappa shape index (κ1) is 20.1. The quantitative estimate of drug-likeness (QED) is 0.606. The van der Waals surface area contributed by atoms with Crippen molar-refractivity contribution in [3.8, 4) is 16.8 Å². The minimum Gasteiger partial charge on any atom is -0.342 e. The SMILES string of the molecule is CC1CCc2c(-c3ccc(-n4c(=O)c(C(=O)OCl)nn(Cl)c4=O)cc3)ccc(=O)n21. The van der Waals surface area contributed by atoms with Gasteiger partial charge in [-0.3, -0.25) is 9.59 Å². The molecular formula is C19H14Cl2N4O5. The van der Waals surface area contributed by atoms with Crippen LogP contribution in [0.1, 0.15) is 35.6 Å². The molecule has 0 fully saturated rings. The number of hydrogen-bond donors (Lipinski definition) is 0. The van der Waals surface area contributed by atoms with E-state index in [4.69, 9.17) is 23.6 Å². The Morgan fingerprint density at radius 3 is 2.50 bits per heavy atom. The first-order valence-corrected chi connectivity index (χ1v) is 9.59. The van der Waals surface area contributed by atoms with Crippen LogP contribution in [0.4, 0.5) is 0 Å². The average Bonchev–Trinajstić information content (AvgIpc) is 3.14. The van der Waals surface area contributed by atoms with Crippen molar-refractivity contribution in [3.05, 3.63) is 79.0 Å². The van der Waals surface area contributed by atoms with E-state index < -0.39 is 22.9 Å². The number of benzene rings is 1. The van der Waals surface area contributed by atoms with Gasteiger partial charge in [-0.15, -0.1) is 9.30 Å². The van der Waals surface area contributed by atoms with Gasteiger partial charge >= 0.3 is 11.7 Å². The molecule has 3 aromatic rings. The maximum atomic E-state index is 12.6. The minimum absolute atomic E-state index is 0.0416. The van der Waals surface area contributed by atoms with Gasteiger partial charge in [0.15, 0.2) is 0 Å². The van der Waals surface area contributed by atoms with Gasteiger partial charge in [-0.25, -0.2) is 14.2 Å². The number of carbonyl (C=O) groups excluding carboxylic acids is 1. The van der Waals surface area contributed by atoms with Gasteiger partial charge < -0.3 is 8.86 Å². The predicted molar refractivity (Wildman–Crippen MR) is 109 cm³/mol. The van der Waals surface area contributed by atoms with E-state index in [1.54, 1.807) is 22.8 Å². The lowest BCUT2D eigenvalue weighted by Crippen LogP contribution is -2.41. The summed E-state index contributed by atoms with van der Waals surface area (Å²) in [6, 6.07) is 9.91. The van der Waals surface area contributed by atoms with Crippen LogP contribution >= 0.6 is 23.6 Å². The molecule has 1 aromatic carbocycles. The smallest absolute Gasteiger partial charge is 0.342 e. The molecule has 0 bridgehead atoms. The lowest BCUT2D eigenvalue weighted by molar-refractivity contribution is 0.0740. The van der Waals surface area contributed by atoms with E-state index in [1.807, 2.05) is 6.92 Å². The van der Waals surface area contributed by atoms with Crippen LogP contribution in [0.15, 0.2) is 50.8 Å². The zero-order valence-electron chi connectivity index (χ0n) is 15.5. The summed E-state index contributed by atoms with van der Waals surface area (Å²) >= 11 is 10.7. The maximum Gasteiger partial charge on any atom is 0.382 e. The van der Waals surface area contributed by atoms with Gasteiger partial charge in [-0.05, 0) is 43.5 Å². The standard InChI is InChI=1S/C19H14Cl2N4O5/c1-10-2-8-14-13(7-9-15(26)23(10)14)11-3-5-12(6-4-11)24-17(27)16(18(28)30-21)22-25(20)19(24)29/h3-7,9-10H,2,8H2,1H3. The summed E-state index contributed by atoms with van der Waals surface area (Å²) in [5.74, 6) is -1.24. The number of aromatic nitrogens is 4. The third-order valence-electron chi connectivity index (χ3n) is 5.11. The Labute approximate surface area is 178 Å². The Kier molecular flexibility index (Phi) is 5.08. The first-order chi connectivity index (χ1) is 14.3. The van der Waals surface area contributed by atoms with Crippen LogP contribution < -0.4 is 16.8 Å². The summed E-state index contributed by atoms with van der Waals surface area (Å²) in [6.07, 6.45) is 1.66. The van der Waals surface area contributed by atoms with Gasteiger partial charge in [0.2, 0.25) is 5.69 Å². The molecule has 1 aliphatic rings. The van der Waals surface area contributed by atoms with Crippen LogP contribution in [0, 0.1) is 0 Å². The molecule has 0 radical (unpaired) electrons. The Hall–Kier alpha value is -3.17. The minimum atomic E-state index is -1.24. The molecule has 0 N–H and O–H groups in total. The second kappa shape index (κ2) is 7.58. The lowest BCUT2D eigenvalue weighted by Gasteiger charge is -2.13. The molecule has 1 unspecified atom stereocenters. The second-order valence-corrected chi connectivity index (χ2v) is 7.31. The molecule has 0 spiro atoms. The highest BCUT2D eigenvalue weighted by Crippen LogP contribution is 2.31. The van der Waals surface area contributed by atoms with Crippen LogP contribution in [0.2, 0.25) is 0 Å². The van der Waals surface area contributed by atoms with Gasteiger partial charge in [0.05, 0.1) is 5.69 Å². The van der Waals surface area contributed by atoms with Crippen molar-refractivity contribution in [2.24, 2.45) is 0 Å². The third-order valence-corrected chi connectivity index (χ3v) is 5.47. The van der Waals surface area contributed by atoms with Crippen molar-refractivity contribution in [1.29, 1.82) is 0 Å². The Morgan fingerprint density at radius 1 is 1.13 bits per heavy atom. The van der Waals surface area contributed by atoms with Gasteiger partial charge in [-0.2, -0.15) is 0 Å². The molecule has 0 aliphatic carbocycles. The summed E-state index contributed by atoms with van der Waals surface area (Å²) in [7, 11) is 0. The summed E-state index contributed by atoms with van der Waals surface area (Å²) < 4.78 is 6.80. The molecule has 30 heavy (non-hydrogen) atoms. The van der Waals surface area contributed by atoms with Crippen molar-refractivity contribution in [2.75, 3.05) is 0 Å². The van der Waals surface area contributed by atoms with Gasteiger partial charge in [0.25, 0.3) is 11.1 Å². The number of nitrogens with zero attached hydrogens (tertiary/aromatic N) is 4. The average molecular weight is 449 g/mol. The monoisotopic (exact) mass is 448 g/mol. The van der Waals surface area contributed by atoms with Gasteiger partial charge in [0.1, 0.15) is 11.9 Å². The van der Waals surface area contributed by atoms with Crippen molar-refractivity contribution < 1.29 is 9.08 Å². The molecule has 11 heteroatoms. The van der Waals surface area contributed by atoms with Crippen molar-refractivity contribution in [1.82, 2.24) is 18.4 Å². The molecule has 1 atom stereocenters. The molecule has 4 rings (SSSR count). The van der Waals surface area contributed by atoms with E-state index in [-0.39, 0.29) is 17.3 Å². The van der Waals surface area contributed by atoms with Gasteiger partial charge in [0, 0.05) is 35.1 Å². The second-order valence-electron chi connectivity index (χ2n) is 6.83. The number of pyridine rings is 1. The largest absolute Gasteiger partial charge is 0.382 e. The highest BCUT2D eigenvalue weighted by atomic mass is 35.5. The fourth-order valence-electron chi connectivity index (χ4n) is 3.70. The fraction of sp³-hybridized carbons (Fsp3) is 0.211. The van der Waals surface area contributed by atoms with E-state index >= 15 is 0 Å². The number of halogens is 2. The van der Waals surface area contributed by atoms with Crippen molar-refractivity contribution in [2.45, 2.75) is 25.8 Å². The van der Waals surface area contributed by atoms with Crippen LogP contribution in [0.5, 0.6) is 0 Å². The normalized spacial score (nSPS) is 15.1. The molecule has 1 aliphatic heterocycles. The maximum absolute atomic E-state index is 12.6. The lowest BCUT2D eigenvalue weighted by atomic mass is 10.0. The van der Waals surface area contributed by atoms with E-state index in [0.717, 1.165) is 29.7 Å². The molecule has 3 heterocycles. The van der Waals surface area contributed by atoms with E-state index in [1.165, 1.54) is 18.2 Å². The van der Waals surface area contributed by atoms with Gasteiger partial charge in [-0.1, -0.05) is 12.1 Å². The summed E-state index contributed by atoms with van der Waals surface area (Å²) in [5, 5.41) is 3.39. The number of carbonyl (C=O) groups is 1.